The van der Waals surface area contributed by atoms with E-state index in [1.165, 1.54) is 25.0 Å². The first-order chi connectivity index (χ1) is 10.1. The van der Waals surface area contributed by atoms with E-state index in [0.29, 0.717) is 19.1 Å². The second-order valence-corrected chi connectivity index (χ2v) is 7.25. The van der Waals surface area contributed by atoms with Gasteiger partial charge in [-0.15, -0.1) is 24.0 Å². The molecule has 0 aromatic rings. The van der Waals surface area contributed by atoms with Crippen molar-refractivity contribution in [2.75, 3.05) is 25.9 Å². The molecule has 0 radical (unpaired) electrons. The quantitative estimate of drug-likeness (QED) is 0.245. The predicted molar refractivity (Wildman–Crippen MR) is 107 cm³/mol. The van der Waals surface area contributed by atoms with Crippen molar-refractivity contribution in [2.24, 2.45) is 10.9 Å². The highest BCUT2D eigenvalue weighted by atomic mass is 127. The predicted octanol–water partition coefficient (Wildman–Crippen LogP) is 2.22. The van der Waals surface area contributed by atoms with Crippen LogP contribution in [0.4, 0.5) is 0 Å². The van der Waals surface area contributed by atoms with E-state index in [9.17, 15) is 4.79 Å². The van der Waals surface area contributed by atoms with Crippen molar-refractivity contribution >= 4 is 47.6 Å². The van der Waals surface area contributed by atoms with Crippen molar-refractivity contribution < 1.29 is 4.79 Å². The number of amides is 1. The fourth-order valence-electron chi connectivity index (χ4n) is 2.42. The minimum Gasteiger partial charge on any atom is -0.355 e. The number of aliphatic imine (C=N–C) groups is 1. The van der Waals surface area contributed by atoms with Gasteiger partial charge in [-0.1, -0.05) is 20.8 Å². The van der Waals surface area contributed by atoms with E-state index in [4.69, 9.17) is 0 Å². The second-order valence-electron chi connectivity index (χ2n) is 5.68. The maximum absolute atomic E-state index is 11.4. The Morgan fingerprint density at radius 3 is 2.55 bits per heavy atom. The number of nitrogens with one attached hydrogen (secondary N) is 3. The van der Waals surface area contributed by atoms with Gasteiger partial charge in [-0.25, -0.2) is 0 Å². The third-order valence-corrected chi connectivity index (χ3v) is 4.83. The molecule has 0 saturated heterocycles. The minimum atomic E-state index is 0. The van der Waals surface area contributed by atoms with Crippen molar-refractivity contribution in [2.45, 2.75) is 51.3 Å². The molecule has 0 aromatic carbocycles. The van der Waals surface area contributed by atoms with Crippen LogP contribution < -0.4 is 16.0 Å². The zero-order chi connectivity index (χ0) is 15.7. The maximum Gasteiger partial charge on any atom is 0.222 e. The molecule has 0 aromatic heterocycles. The Morgan fingerprint density at radius 2 is 1.95 bits per heavy atom. The number of hydrogen-bond donors (Lipinski definition) is 3. The lowest BCUT2D eigenvalue weighted by molar-refractivity contribution is -0.123. The summed E-state index contributed by atoms with van der Waals surface area (Å²) in [5.41, 5.74) is 0. The van der Waals surface area contributed by atoms with Crippen LogP contribution in [0.5, 0.6) is 0 Å². The summed E-state index contributed by atoms with van der Waals surface area (Å²) in [5, 5.41) is 10.4. The van der Waals surface area contributed by atoms with E-state index < -0.39 is 0 Å². The number of rotatable bonds is 7. The molecular formula is C15H31IN4OS. The monoisotopic (exact) mass is 442 g/mol. The number of guanidine groups is 1. The van der Waals surface area contributed by atoms with Gasteiger partial charge in [0.15, 0.2) is 5.96 Å². The summed E-state index contributed by atoms with van der Waals surface area (Å²) >= 11 is 2.06. The molecule has 0 heterocycles. The normalized spacial score (nSPS) is 21.4. The summed E-state index contributed by atoms with van der Waals surface area (Å²) in [6.07, 6.45) is 3.71. The summed E-state index contributed by atoms with van der Waals surface area (Å²) < 4.78 is 0. The van der Waals surface area contributed by atoms with Crippen LogP contribution in [0.2, 0.25) is 0 Å². The first-order valence-electron chi connectivity index (χ1n) is 7.93. The lowest BCUT2D eigenvalue weighted by atomic mass is 10.2. The number of hydrogen-bond acceptors (Lipinski definition) is 3. The van der Waals surface area contributed by atoms with Crippen molar-refractivity contribution in [3.8, 4) is 0 Å². The van der Waals surface area contributed by atoms with Gasteiger partial charge in [-0.2, -0.15) is 11.8 Å². The molecule has 1 aliphatic rings. The number of halogens is 1. The zero-order valence-electron chi connectivity index (χ0n) is 14.1. The largest absolute Gasteiger partial charge is 0.355 e. The molecule has 1 amide bonds. The summed E-state index contributed by atoms with van der Waals surface area (Å²) in [5.74, 6) is 2.16. The zero-order valence-corrected chi connectivity index (χ0v) is 17.3. The Kier molecular flexibility index (Phi) is 12.2. The molecule has 1 rings (SSSR count). The number of thioether (sulfide) groups is 1. The standard InChI is InChI=1S/C15H30N4OS.HI/c1-5-21-13-7-6-12(10-13)19-15(16-4)18-9-8-17-14(20)11(2)3;/h11-13H,5-10H2,1-4H3,(H,17,20)(H2,16,18,19);1H. The third kappa shape index (κ3) is 8.45. The van der Waals surface area contributed by atoms with Crippen LogP contribution in [0.1, 0.15) is 40.0 Å². The van der Waals surface area contributed by atoms with E-state index in [1.54, 1.807) is 7.05 Å². The Hall–Kier alpha value is -0.180. The molecule has 22 heavy (non-hydrogen) atoms. The van der Waals surface area contributed by atoms with Gasteiger partial charge in [0.2, 0.25) is 5.91 Å². The van der Waals surface area contributed by atoms with E-state index >= 15 is 0 Å². The van der Waals surface area contributed by atoms with Gasteiger partial charge >= 0.3 is 0 Å². The number of carbonyl (C=O) groups is 1. The Bertz CT molecular complexity index is 352. The lowest BCUT2D eigenvalue weighted by Crippen LogP contribution is -2.45. The van der Waals surface area contributed by atoms with Crippen LogP contribution in [0.25, 0.3) is 0 Å². The molecule has 0 aliphatic heterocycles. The highest BCUT2D eigenvalue weighted by molar-refractivity contribution is 14.0. The molecule has 3 N–H and O–H groups in total. The molecule has 0 bridgehead atoms. The highest BCUT2D eigenvalue weighted by Crippen LogP contribution is 2.29. The van der Waals surface area contributed by atoms with Crippen LogP contribution in [-0.4, -0.2) is 49.0 Å². The molecule has 2 unspecified atom stereocenters. The minimum absolute atomic E-state index is 0. The van der Waals surface area contributed by atoms with Crippen molar-refractivity contribution in [1.82, 2.24) is 16.0 Å². The SMILES string of the molecule is CCSC1CCC(NC(=NC)NCCNC(=O)C(C)C)C1.I. The van der Waals surface area contributed by atoms with E-state index in [-0.39, 0.29) is 35.8 Å². The van der Waals surface area contributed by atoms with Gasteiger partial charge in [-0.05, 0) is 25.0 Å². The fraction of sp³-hybridized carbons (Fsp3) is 0.867. The van der Waals surface area contributed by atoms with E-state index in [0.717, 1.165) is 11.2 Å². The van der Waals surface area contributed by atoms with Gasteiger partial charge in [0, 0.05) is 37.3 Å². The Balaban J connectivity index is 0.00000441. The van der Waals surface area contributed by atoms with Crippen LogP contribution >= 0.6 is 35.7 Å². The molecule has 5 nitrogen and oxygen atoms in total. The van der Waals surface area contributed by atoms with Crippen LogP contribution in [0, 0.1) is 5.92 Å². The first-order valence-corrected chi connectivity index (χ1v) is 8.98. The van der Waals surface area contributed by atoms with Crippen molar-refractivity contribution in [1.29, 1.82) is 0 Å². The Labute approximate surface area is 156 Å². The average Bonchev–Trinajstić information content (AvgIpc) is 2.89. The van der Waals surface area contributed by atoms with Gasteiger partial charge in [-0.3, -0.25) is 9.79 Å². The van der Waals surface area contributed by atoms with Crippen LogP contribution in [0.15, 0.2) is 4.99 Å². The third-order valence-electron chi connectivity index (χ3n) is 3.59. The molecule has 1 aliphatic carbocycles. The molecule has 0 spiro atoms. The van der Waals surface area contributed by atoms with Crippen LogP contribution in [-0.2, 0) is 4.79 Å². The molecule has 130 valence electrons. The lowest BCUT2D eigenvalue weighted by Gasteiger charge is -2.17. The molecule has 7 heteroatoms. The average molecular weight is 442 g/mol. The van der Waals surface area contributed by atoms with Crippen molar-refractivity contribution in [3.63, 3.8) is 0 Å². The van der Waals surface area contributed by atoms with E-state index in [1.807, 2.05) is 13.8 Å². The molecule has 2 atom stereocenters. The highest BCUT2D eigenvalue weighted by Gasteiger charge is 2.24. The second kappa shape index (κ2) is 12.3. The summed E-state index contributed by atoms with van der Waals surface area (Å²) in [6.45, 7) is 7.33. The van der Waals surface area contributed by atoms with Gasteiger partial charge < -0.3 is 16.0 Å². The molecule has 1 saturated carbocycles. The Morgan fingerprint density at radius 1 is 1.27 bits per heavy atom. The van der Waals surface area contributed by atoms with Gasteiger partial charge in [0.05, 0.1) is 0 Å². The summed E-state index contributed by atoms with van der Waals surface area (Å²) in [7, 11) is 1.79. The topological polar surface area (TPSA) is 65.5 Å². The number of carbonyl (C=O) groups excluding carboxylic acids is 1. The number of nitrogens with zero attached hydrogens (tertiary/aromatic N) is 1. The first kappa shape index (κ1) is 21.8. The van der Waals surface area contributed by atoms with E-state index in [2.05, 4.69) is 39.6 Å². The molecular weight excluding hydrogens is 411 g/mol. The summed E-state index contributed by atoms with van der Waals surface area (Å²) in [6, 6.07) is 0.519. The van der Waals surface area contributed by atoms with Gasteiger partial charge in [0.25, 0.3) is 0 Å². The molecule has 1 fully saturated rings. The van der Waals surface area contributed by atoms with Crippen molar-refractivity contribution in [3.05, 3.63) is 0 Å². The fourth-order valence-corrected chi connectivity index (χ4v) is 3.56. The van der Waals surface area contributed by atoms with Crippen LogP contribution in [0.3, 0.4) is 0 Å². The smallest absolute Gasteiger partial charge is 0.222 e. The van der Waals surface area contributed by atoms with Gasteiger partial charge in [0.1, 0.15) is 0 Å². The summed E-state index contributed by atoms with van der Waals surface area (Å²) in [4.78, 5) is 15.7. The maximum atomic E-state index is 11.4.